The molecule has 0 bridgehead atoms. The quantitative estimate of drug-likeness (QED) is 0.507. The van der Waals surface area contributed by atoms with Crippen LogP contribution in [0.3, 0.4) is 0 Å². The molecule has 0 radical (unpaired) electrons. The van der Waals surface area contributed by atoms with Gasteiger partial charge in [0.2, 0.25) is 15.8 Å². The van der Waals surface area contributed by atoms with Crippen LogP contribution in [0.25, 0.3) is 0 Å². The Morgan fingerprint density at radius 1 is 1.00 bits per heavy atom. The largest absolute Gasteiger partial charge is 0.454 e. The Morgan fingerprint density at radius 3 is 2.39 bits per heavy atom. The predicted molar refractivity (Wildman–Crippen MR) is 116 cm³/mol. The van der Waals surface area contributed by atoms with Crippen molar-refractivity contribution in [3.8, 4) is 0 Å². The van der Waals surface area contributed by atoms with Crippen molar-refractivity contribution in [1.29, 1.82) is 0 Å². The van der Waals surface area contributed by atoms with Crippen LogP contribution in [0.15, 0.2) is 53.4 Å². The van der Waals surface area contributed by atoms with Crippen molar-refractivity contribution in [2.45, 2.75) is 50.0 Å². The van der Waals surface area contributed by atoms with Gasteiger partial charge in [0.25, 0.3) is 0 Å². The molecule has 0 N–H and O–H groups in total. The zero-order valence-electron chi connectivity index (χ0n) is 17.6. The van der Waals surface area contributed by atoms with Crippen LogP contribution in [0.2, 0.25) is 0 Å². The molecule has 6 nitrogen and oxygen atoms in total. The van der Waals surface area contributed by atoms with Crippen molar-refractivity contribution in [2.75, 3.05) is 13.1 Å². The van der Waals surface area contributed by atoms with Crippen molar-refractivity contribution in [3.05, 3.63) is 65.2 Å². The molecule has 1 atom stereocenters. The number of hydrogen-bond donors (Lipinski definition) is 0. The molecule has 1 aliphatic heterocycles. The maximum Gasteiger partial charge on any atom is 0.309 e. The lowest BCUT2D eigenvalue weighted by Gasteiger charge is -2.30. The zero-order valence-corrected chi connectivity index (χ0v) is 18.4. The molecule has 1 unspecified atom stereocenters. The number of rotatable bonds is 6. The van der Waals surface area contributed by atoms with Crippen molar-refractivity contribution in [3.63, 3.8) is 0 Å². The minimum absolute atomic E-state index is 0.202. The molecule has 2 aromatic carbocycles. The summed E-state index contributed by atoms with van der Waals surface area (Å²) in [6, 6.07) is 14.0. The van der Waals surface area contributed by atoms with Gasteiger partial charge in [0.1, 0.15) is 0 Å². The van der Waals surface area contributed by atoms with E-state index in [0.29, 0.717) is 18.4 Å². The van der Waals surface area contributed by atoms with Gasteiger partial charge in [-0.1, -0.05) is 30.3 Å². The van der Waals surface area contributed by atoms with Crippen LogP contribution in [0.4, 0.5) is 0 Å². The van der Waals surface area contributed by atoms with Crippen LogP contribution >= 0.6 is 0 Å². The topological polar surface area (TPSA) is 80.8 Å². The van der Waals surface area contributed by atoms with Gasteiger partial charge < -0.3 is 4.74 Å². The van der Waals surface area contributed by atoms with Crippen molar-refractivity contribution in [1.82, 2.24) is 4.31 Å². The summed E-state index contributed by atoms with van der Waals surface area (Å²) < 4.78 is 32.3. The molecule has 0 amide bonds. The monoisotopic (exact) mass is 441 g/mol. The number of ketones is 1. The summed E-state index contributed by atoms with van der Waals surface area (Å²) in [5.41, 5.74) is 3.07. The van der Waals surface area contributed by atoms with Gasteiger partial charge >= 0.3 is 5.97 Å². The number of carbonyl (C=O) groups excluding carboxylic acids is 2. The van der Waals surface area contributed by atoms with Gasteiger partial charge in [-0.25, -0.2) is 8.42 Å². The lowest BCUT2D eigenvalue weighted by atomic mass is 9.98. The predicted octanol–water partition coefficient (Wildman–Crippen LogP) is 3.39. The average molecular weight is 442 g/mol. The van der Waals surface area contributed by atoms with Gasteiger partial charge in [0, 0.05) is 18.7 Å². The second-order valence-electron chi connectivity index (χ2n) is 8.27. The molecule has 4 rings (SSSR count). The molecule has 7 heteroatoms. The fourth-order valence-corrected chi connectivity index (χ4v) is 5.85. The molecule has 0 spiro atoms. The van der Waals surface area contributed by atoms with E-state index in [-0.39, 0.29) is 23.8 Å². The first-order valence-electron chi connectivity index (χ1n) is 10.8. The number of aryl methyl sites for hydroxylation is 2. The highest BCUT2D eigenvalue weighted by atomic mass is 32.2. The van der Waals surface area contributed by atoms with Crippen LogP contribution in [0, 0.1) is 5.92 Å². The average Bonchev–Trinajstić information content (AvgIpc) is 3.27. The Bertz CT molecular complexity index is 1070. The van der Waals surface area contributed by atoms with E-state index in [1.165, 1.54) is 15.4 Å². The summed E-state index contributed by atoms with van der Waals surface area (Å²) in [6.45, 7) is 2.11. The van der Waals surface area contributed by atoms with E-state index in [2.05, 4.69) is 0 Å². The van der Waals surface area contributed by atoms with Crippen molar-refractivity contribution >= 4 is 21.8 Å². The third-order valence-corrected chi connectivity index (χ3v) is 8.13. The molecule has 0 saturated carbocycles. The Hall–Kier alpha value is -2.51. The number of ether oxygens (including phenoxy) is 1. The fraction of sp³-hybridized carbons (Fsp3) is 0.417. The SMILES string of the molecule is CC(OC(=O)C1CCN(S(=O)(=O)c2ccccc2)CC1)C(=O)c1ccc2c(c1)CCC2. The third-order valence-electron chi connectivity index (χ3n) is 6.21. The molecular weight excluding hydrogens is 414 g/mol. The number of benzene rings is 2. The van der Waals surface area contributed by atoms with Crippen LogP contribution in [-0.4, -0.2) is 43.7 Å². The van der Waals surface area contributed by atoms with Crippen LogP contribution in [0.1, 0.15) is 47.7 Å². The molecule has 2 aromatic rings. The van der Waals surface area contributed by atoms with E-state index >= 15 is 0 Å². The highest BCUT2D eigenvalue weighted by molar-refractivity contribution is 7.89. The first-order valence-corrected chi connectivity index (χ1v) is 12.2. The van der Waals surface area contributed by atoms with E-state index in [9.17, 15) is 18.0 Å². The molecule has 1 saturated heterocycles. The maximum absolute atomic E-state index is 12.7. The summed E-state index contributed by atoms with van der Waals surface area (Å²) in [5.74, 6) is -1.04. The highest BCUT2D eigenvalue weighted by Crippen LogP contribution is 2.26. The summed E-state index contributed by atoms with van der Waals surface area (Å²) in [4.78, 5) is 25.6. The number of sulfonamides is 1. The van der Waals surface area contributed by atoms with Crippen molar-refractivity contribution < 1.29 is 22.7 Å². The summed E-state index contributed by atoms with van der Waals surface area (Å²) in [7, 11) is -3.56. The standard InChI is InChI=1S/C24H27NO5S/c1-17(23(26)21-11-10-18-6-5-7-20(18)16-21)30-24(27)19-12-14-25(15-13-19)31(28,29)22-8-3-2-4-9-22/h2-4,8-11,16-17,19H,5-7,12-15H2,1H3. The number of carbonyl (C=O) groups is 2. The van der Waals surface area contributed by atoms with Gasteiger partial charge in [-0.3, -0.25) is 9.59 Å². The number of Topliss-reactive ketones (excluding diaryl/α,β-unsaturated/α-hetero) is 1. The maximum atomic E-state index is 12.7. The second-order valence-corrected chi connectivity index (χ2v) is 10.2. The Labute approximate surface area is 183 Å². The van der Waals surface area contributed by atoms with Gasteiger partial charge in [-0.2, -0.15) is 4.31 Å². The lowest BCUT2D eigenvalue weighted by molar-refractivity contribution is -0.152. The molecule has 1 heterocycles. The smallest absolute Gasteiger partial charge is 0.309 e. The van der Waals surface area contributed by atoms with Gasteiger partial charge in [0.05, 0.1) is 10.8 Å². The molecule has 1 fully saturated rings. The molecule has 2 aliphatic rings. The summed E-state index contributed by atoms with van der Waals surface area (Å²) >= 11 is 0. The number of piperidine rings is 1. The molecule has 164 valence electrons. The molecule has 31 heavy (non-hydrogen) atoms. The fourth-order valence-electron chi connectivity index (χ4n) is 4.36. The van der Waals surface area contributed by atoms with Crippen molar-refractivity contribution in [2.24, 2.45) is 5.92 Å². The van der Waals surface area contributed by atoms with Crippen LogP contribution in [-0.2, 0) is 32.4 Å². The van der Waals surface area contributed by atoms with E-state index < -0.39 is 28.0 Å². The normalized spacial score (nSPS) is 18.4. The van der Waals surface area contributed by atoms with Crippen LogP contribution in [0.5, 0.6) is 0 Å². The minimum atomic E-state index is -3.56. The van der Waals surface area contributed by atoms with Gasteiger partial charge in [-0.05, 0) is 68.4 Å². The summed E-state index contributed by atoms with van der Waals surface area (Å²) in [6.07, 6.45) is 3.03. The number of hydrogen-bond acceptors (Lipinski definition) is 5. The zero-order chi connectivity index (χ0) is 22.0. The molecule has 0 aromatic heterocycles. The van der Waals surface area contributed by atoms with E-state index in [4.69, 9.17) is 4.74 Å². The highest BCUT2D eigenvalue weighted by Gasteiger charge is 2.34. The Balaban J connectivity index is 1.33. The Kier molecular flexibility index (Phi) is 6.25. The first-order chi connectivity index (χ1) is 14.9. The Morgan fingerprint density at radius 2 is 1.68 bits per heavy atom. The number of nitrogens with zero attached hydrogens (tertiary/aromatic N) is 1. The molecular formula is C24H27NO5S. The minimum Gasteiger partial charge on any atom is -0.454 e. The third kappa shape index (κ3) is 4.57. The number of esters is 1. The lowest BCUT2D eigenvalue weighted by Crippen LogP contribution is -2.41. The summed E-state index contributed by atoms with van der Waals surface area (Å²) in [5, 5.41) is 0. The van der Waals surface area contributed by atoms with E-state index in [1.54, 1.807) is 37.3 Å². The van der Waals surface area contributed by atoms with E-state index in [0.717, 1.165) is 19.3 Å². The van der Waals surface area contributed by atoms with Gasteiger partial charge in [-0.15, -0.1) is 0 Å². The molecule has 1 aliphatic carbocycles. The van der Waals surface area contributed by atoms with Gasteiger partial charge in [0.15, 0.2) is 6.10 Å². The number of fused-ring (bicyclic) bond motifs is 1. The second kappa shape index (κ2) is 8.93. The van der Waals surface area contributed by atoms with E-state index in [1.807, 2.05) is 18.2 Å². The van der Waals surface area contributed by atoms with Crippen LogP contribution < -0.4 is 0 Å². The first kappa shape index (κ1) is 21.7.